The highest BCUT2D eigenvalue weighted by atomic mass is 32.2. The van der Waals surface area contributed by atoms with E-state index in [0.29, 0.717) is 22.5 Å². The molecule has 4 atom stereocenters. The quantitative estimate of drug-likeness (QED) is 0.271. The second-order valence-corrected chi connectivity index (χ2v) is 18.8. The lowest BCUT2D eigenvalue weighted by Crippen LogP contribution is -2.47. The average molecular weight is 781 g/mol. The van der Waals surface area contributed by atoms with Crippen LogP contribution in [0.25, 0.3) is 5.57 Å². The summed E-state index contributed by atoms with van der Waals surface area (Å²) in [7, 11) is -12.1. The lowest BCUT2D eigenvalue weighted by Gasteiger charge is -2.43. The van der Waals surface area contributed by atoms with Gasteiger partial charge in [0, 0.05) is 63.5 Å². The van der Waals surface area contributed by atoms with Gasteiger partial charge in [0.1, 0.15) is 6.04 Å². The Kier molecular flexibility index (Phi) is 9.14. The summed E-state index contributed by atoms with van der Waals surface area (Å²) in [5, 5.41) is 14.1. The summed E-state index contributed by atoms with van der Waals surface area (Å²) >= 11 is 0. The summed E-state index contributed by atoms with van der Waals surface area (Å²) in [6, 6.07) is 1.57. The molecule has 0 bridgehead atoms. The summed E-state index contributed by atoms with van der Waals surface area (Å²) in [6.07, 6.45) is 2.59. The van der Waals surface area contributed by atoms with Gasteiger partial charge in [0.25, 0.3) is 0 Å². The molecule has 4 unspecified atom stereocenters. The Morgan fingerprint density at radius 1 is 0.885 bits per heavy atom. The maximum absolute atomic E-state index is 14.1. The molecule has 1 aromatic carbocycles. The fraction of sp³-hybridized carbons (Fsp3) is 0.588. The summed E-state index contributed by atoms with van der Waals surface area (Å²) in [4.78, 5) is 16.0. The number of nitrogens with zero attached hydrogens (tertiary/aromatic N) is 2. The molecule has 0 fully saturated rings. The van der Waals surface area contributed by atoms with E-state index < -0.39 is 87.8 Å². The van der Waals surface area contributed by atoms with Gasteiger partial charge in [-0.25, -0.2) is 4.58 Å². The van der Waals surface area contributed by atoms with Crippen molar-refractivity contribution in [2.45, 2.75) is 110 Å². The third-order valence-electron chi connectivity index (χ3n) is 11.2. The number of allylic oxidation sites excluding steroid dienone is 4. The highest BCUT2D eigenvalue weighted by Gasteiger charge is 2.55. The maximum atomic E-state index is 14.1. The first kappa shape index (κ1) is 39.7. The minimum atomic E-state index is -6.05. The molecule has 18 heteroatoms. The number of hydrogen-bond donors (Lipinski definition) is 2. The van der Waals surface area contributed by atoms with Gasteiger partial charge in [0.05, 0.1) is 11.1 Å². The summed E-state index contributed by atoms with van der Waals surface area (Å²) in [5.74, 6) is -5.33. The van der Waals surface area contributed by atoms with E-state index in [-0.39, 0.29) is 24.2 Å². The number of alkyl halides is 6. The van der Waals surface area contributed by atoms with Crippen molar-refractivity contribution < 1.29 is 57.7 Å². The fourth-order valence-electron chi connectivity index (χ4n) is 7.91. The van der Waals surface area contributed by atoms with E-state index in [1.54, 1.807) is 4.72 Å². The molecule has 288 valence electrons. The molecule has 5 rings (SSSR count). The highest BCUT2D eigenvalue weighted by molar-refractivity contribution is 7.93. The molecule has 2 aliphatic heterocycles. The molecule has 2 heterocycles. The number of sulfonamides is 2. The third-order valence-corrected chi connectivity index (χ3v) is 13.4. The van der Waals surface area contributed by atoms with Crippen LogP contribution in [0.3, 0.4) is 0 Å². The van der Waals surface area contributed by atoms with Gasteiger partial charge in [-0.15, -0.1) is 5.76 Å². The summed E-state index contributed by atoms with van der Waals surface area (Å²) < 4.78 is 137. The number of hydrogen-bond acceptors (Lipinski definition) is 7. The second kappa shape index (κ2) is 12.0. The molecule has 0 spiro atoms. The van der Waals surface area contributed by atoms with E-state index in [9.17, 15) is 53.1 Å². The minimum Gasteiger partial charge on any atom is -0.874 e. The van der Waals surface area contributed by atoms with Crippen LogP contribution >= 0.6 is 0 Å². The summed E-state index contributed by atoms with van der Waals surface area (Å²) in [5.41, 5.74) is -13.4. The molecule has 0 saturated carbocycles. The van der Waals surface area contributed by atoms with Gasteiger partial charge in [-0.05, 0) is 73.1 Å². The number of rotatable bonds is 8. The Morgan fingerprint density at radius 2 is 1.42 bits per heavy atom. The van der Waals surface area contributed by atoms with Crippen LogP contribution < -0.4 is 19.5 Å². The number of anilines is 2. The Balaban J connectivity index is 1.74. The molecule has 2 aliphatic carbocycles. The first-order chi connectivity index (χ1) is 23.4. The van der Waals surface area contributed by atoms with E-state index in [1.807, 2.05) is 78.7 Å². The molecule has 4 aliphatic rings. The number of fused-ring (bicyclic) bond motifs is 2. The van der Waals surface area contributed by atoms with Gasteiger partial charge in [0.2, 0.25) is 5.71 Å². The Bertz CT molecular complexity index is 2090. The van der Waals surface area contributed by atoms with Crippen molar-refractivity contribution >= 4 is 48.5 Å². The lowest BCUT2D eigenvalue weighted by atomic mass is 9.66. The van der Waals surface area contributed by atoms with Crippen molar-refractivity contribution in [2.75, 3.05) is 9.62 Å². The molecule has 10 nitrogen and oxygen atoms in total. The molecule has 2 N–H and O–H groups in total. The topological polar surface area (TPSA) is 139 Å². The number of carbonyl (C=O) groups is 1. The van der Waals surface area contributed by atoms with Gasteiger partial charge in [-0.2, -0.15) is 43.2 Å². The van der Waals surface area contributed by atoms with Crippen molar-refractivity contribution in [3.63, 3.8) is 0 Å². The first-order valence-corrected chi connectivity index (χ1v) is 19.6. The van der Waals surface area contributed by atoms with Crippen molar-refractivity contribution in [2.24, 2.45) is 17.3 Å². The number of halogens is 6. The van der Waals surface area contributed by atoms with Crippen LogP contribution in [0, 0.1) is 17.3 Å². The second-order valence-electron chi connectivity index (χ2n) is 15.5. The van der Waals surface area contributed by atoms with E-state index in [1.165, 1.54) is 22.9 Å². The normalized spacial score (nSPS) is 26.0. The molecule has 0 aromatic heterocycles. The molecule has 1 aromatic rings. The Morgan fingerprint density at radius 3 is 1.90 bits per heavy atom. The van der Waals surface area contributed by atoms with Crippen molar-refractivity contribution in [1.82, 2.24) is 4.72 Å². The van der Waals surface area contributed by atoms with E-state index in [4.69, 9.17) is 0 Å². The van der Waals surface area contributed by atoms with Gasteiger partial charge < -0.3 is 10.0 Å². The van der Waals surface area contributed by atoms with Gasteiger partial charge >= 0.3 is 31.1 Å². The van der Waals surface area contributed by atoms with Crippen molar-refractivity contribution in [3.8, 4) is 0 Å². The molecule has 0 amide bonds. The number of nitrogens with one attached hydrogen (secondary N) is 2. The number of benzene rings is 1. The molecule has 0 radical (unpaired) electrons. The zero-order valence-corrected chi connectivity index (χ0v) is 31.8. The monoisotopic (exact) mass is 780 g/mol. The lowest BCUT2D eigenvalue weighted by molar-refractivity contribution is -0.593. The standard InChI is InChI=1S/C34H42F6N4O6S2/c1-15(2)43-17(5)31(7,8)21-11-19(23(13-25(21)43)41-51(47,48)33(35,36)37)27-29(45)28(30(27)46)20-12-22-26(44(16(3)4)18(6)32(22,9)10)14-24(20)42-52(49,50)34(38,39)40/h11-19,27,42H,1-10H3,(H,45,46). The van der Waals surface area contributed by atoms with Gasteiger partial charge in [-0.1, -0.05) is 19.9 Å². The van der Waals surface area contributed by atoms with Crippen LogP contribution in [0.15, 0.2) is 41.3 Å². The van der Waals surface area contributed by atoms with E-state index in [2.05, 4.69) is 0 Å². The molecular weight excluding hydrogens is 739 g/mol. The van der Waals surface area contributed by atoms with Crippen molar-refractivity contribution in [1.29, 1.82) is 0 Å². The van der Waals surface area contributed by atoms with Crippen LogP contribution in [0.5, 0.6) is 0 Å². The number of carbonyl (C=O) groups excluding carboxylic acids is 1. The van der Waals surface area contributed by atoms with E-state index >= 15 is 0 Å². The van der Waals surface area contributed by atoms with Crippen LogP contribution in [0.1, 0.15) is 80.4 Å². The minimum absolute atomic E-state index is 0.187. The predicted octanol–water partition coefficient (Wildman–Crippen LogP) is 5.28. The zero-order valence-electron chi connectivity index (χ0n) is 30.2. The maximum Gasteiger partial charge on any atom is 0.516 e. The first-order valence-electron chi connectivity index (χ1n) is 16.6. The third kappa shape index (κ3) is 5.82. The van der Waals surface area contributed by atoms with Crippen molar-refractivity contribution in [3.05, 3.63) is 52.4 Å². The van der Waals surface area contributed by atoms with Gasteiger partial charge in [-0.3, -0.25) is 14.2 Å². The zero-order chi connectivity index (χ0) is 39.6. The van der Waals surface area contributed by atoms with Crippen LogP contribution in [0.2, 0.25) is 0 Å². The molecular formula is C34H42F6N4O6S2. The largest absolute Gasteiger partial charge is 0.874 e. The SMILES string of the molecule is CC(C)N1c2cc(NS(=O)(=O)C(F)(F)F)c(C3=C([O-])C(C4C=C5C(=[N+](C(C)C)C(C)C5(C)C)C=C4NS(=O)(=O)C(F)(F)F)C3=O)cc2C(C)(C)C1C. The average Bonchev–Trinajstić information content (AvgIpc) is 3.28. The smallest absolute Gasteiger partial charge is 0.516 e. The number of Topliss-reactive ketones (excluding diaryl/α,β-unsaturated/α-hetero) is 1. The predicted molar refractivity (Wildman–Crippen MR) is 182 cm³/mol. The van der Waals surface area contributed by atoms with E-state index in [0.717, 1.165) is 6.07 Å². The Labute approximate surface area is 299 Å². The summed E-state index contributed by atoms with van der Waals surface area (Å²) in [6.45, 7) is 18.5. The Hall–Kier alpha value is -3.54. The number of ketones is 1. The van der Waals surface area contributed by atoms with Gasteiger partial charge in [0.15, 0.2) is 11.8 Å². The highest BCUT2D eigenvalue weighted by Crippen LogP contribution is 2.53. The van der Waals surface area contributed by atoms with Crippen LogP contribution in [-0.2, 0) is 30.3 Å². The molecule has 0 saturated heterocycles. The van der Waals surface area contributed by atoms with Crippen LogP contribution in [0.4, 0.5) is 37.7 Å². The fourth-order valence-corrected chi connectivity index (χ4v) is 9.11. The molecule has 52 heavy (non-hydrogen) atoms. The van der Waals surface area contributed by atoms with Crippen LogP contribution in [-0.4, -0.2) is 68.1 Å².